The zero-order valence-corrected chi connectivity index (χ0v) is 19.9. The molecule has 0 unspecified atom stereocenters. The Balaban J connectivity index is 1.27. The predicted octanol–water partition coefficient (Wildman–Crippen LogP) is 4.69. The van der Waals surface area contributed by atoms with E-state index < -0.39 is 6.03 Å². The summed E-state index contributed by atoms with van der Waals surface area (Å²) in [5, 5.41) is 0.880. The Morgan fingerprint density at radius 3 is 2.69 bits per heavy atom. The number of rotatable bonds is 8. The molecule has 4 rings (SSSR count). The van der Waals surface area contributed by atoms with Crippen molar-refractivity contribution >= 4 is 44.3 Å². The molecule has 2 heterocycles. The van der Waals surface area contributed by atoms with Crippen molar-refractivity contribution in [3.05, 3.63) is 53.2 Å². The number of carbonyl (C=O) groups is 1. The quantitative estimate of drug-likeness (QED) is 0.454. The third-order valence-corrected chi connectivity index (χ3v) is 6.47. The highest BCUT2D eigenvalue weighted by Gasteiger charge is 2.20. The summed E-state index contributed by atoms with van der Waals surface area (Å²) in [6.45, 7) is 5.55. The monoisotopic (exact) mass is 500 g/mol. The van der Waals surface area contributed by atoms with Crippen molar-refractivity contribution in [2.24, 2.45) is 5.73 Å². The molecule has 0 aliphatic carbocycles. The Morgan fingerprint density at radius 2 is 1.94 bits per heavy atom. The van der Waals surface area contributed by atoms with E-state index in [1.807, 2.05) is 30.3 Å². The molecule has 1 aromatic heterocycles. The largest absolute Gasteiger partial charge is 0.495 e. The number of para-hydroxylation sites is 2. The molecule has 2 amide bonds. The fourth-order valence-corrected chi connectivity index (χ4v) is 4.62. The van der Waals surface area contributed by atoms with Crippen molar-refractivity contribution in [2.75, 3.05) is 56.2 Å². The van der Waals surface area contributed by atoms with Gasteiger partial charge in [0, 0.05) is 42.6 Å². The number of nitrogens with zero attached hydrogens (tertiary/aromatic N) is 3. The lowest BCUT2D eigenvalue weighted by atomic mass is 10.2. The zero-order chi connectivity index (χ0) is 22.5. The number of urea groups is 1. The maximum atomic E-state index is 12.1. The third-order valence-electron chi connectivity index (χ3n) is 5.98. The number of fused-ring (bicyclic) bond motifs is 1. The highest BCUT2D eigenvalue weighted by molar-refractivity contribution is 9.10. The molecule has 1 saturated heterocycles. The number of methoxy groups -OCH3 is 1. The fourth-order valence-electron chi connectivity index (χ4n) is 4.26. The Hall–Kier alpha value is -2.71. The molecule has 2 N–H and O–H groups in total. The Bertz CT molecular complexity index is 1060. The van der Waals surface area contributed by atoms with Gasteiger partial charge in [0.25, 0.3) is 0 Å². The van der Waals surface area contributed by atoms with Crippen LogP contribution in [0.4, 0.5) is 16.2 Å². The van der Waals surface area contributed by atoms with E-state index >= 15 is 0 Å². The van der Waals surface area contributed by atoms with Crippen molar-refractivity contribution in [3.8, 4) is 5.75 Å². The number of unbranched alkanes of at least 4 members (excludes halogenated alkanes) is 1. The second-order valence-electron chi connectivity index (χ2n) is 7.96. The van der Waals surface area contributed by atoms with E-state index in [9.17, 15) is 4.79 Å². The minimum Gasteiger partial charge on any atom is -0.495 e. The summed E-state index contributed by atoms with van der Waals surface area (Å²) in [7, 11) is 1.72. The summed E-state index contributed by atoms with van der Waals surface area (Å²) in [4.78, 5) is 18.6. The minimum absolute atomic E-state index is 0.460. The first kappa shape index (κ1) is 22.5. The number of carbonyl (C=O) groups excluding carboxylic acids is 1. The van der Waals surface area contributed by atoms with Crippen molar-refractivity contribution < 1.29 is 13.9 Å². The van der Waals surface area contributed by atoms with Gasteiger partial charge in [-0.15, -0.1) is 0 Å². The molecule has 0 atom stereocenters. The number of ether oxygens (including phenoxy) is 1. The number of benzene rings is 2. The van der Waals surface area contributed by atoms with E-state index in [1.54, 1.807) is 18.3 Å². The Kier molecular flexibility index (Phi) is 7.22. The normalized spacial score (nSPS) is 14.6. The lowest BCUT2D eigenvalue weighted by Crippen LogP contribution is -2.46. The van der Waals surface area contributed by atoms with Crippen molar-refractivity contribution in [1.82, 2.24) is 4.90 Å². The first-order valence-corrected chi connectivity index (χ1v) is 11.7. The number of nitrogens with two attached hydrogens (primary N) is 1. The second kappa shape index (κ2) is 10.3. The average Bonchev–Trinajstić information content (AvgIpc) is 3.22. The standard InChI is InChI=1S/C24H29BrN4O3/c1-31-23-7-3-2-6-20(23)28-14-12-27(13-15-28)10-4-5-11-29(24(26)30)21-17-32-22-9-8-18(25)16-19(21)22/h2-3,6-9,16-17H,4-5,10-15H2,1H3,(H2,26,30). The van der Waals surface area contributed by atoms with Gasteiger partial charge in [-0.3, -0.25) is 9.80 Å². The number of primary amides is 1. The van der Waals surface area contributed by atoms with Gasteiger partial charge >= 0.3 is 6.03 Å². The van der Waals surface area contributed by atoms with Crippen LogP contribution in [0.5, 0.6) is 5.75 Å². The molecule has 170 valence electrons. The Labute approximate surface area is 196 Å². The SMILES string of the molecule is COc1ccccc1N1CCN(CCCCN(C(N)=O)c2coc3ccc(Br)cc23)CC1. The van der Waals surface area contributed by atoms with Gasteiger partial charge in [0.15, 0.2) is 0 Å². The Morgan fingerprint density at radius 1 is 1.16 bits per heavy atom. The van der Waals surface area contributed by atoms with Crippen LogP contribution in [0, 0.1) is 0 Å². The van der Waals surface area contributed by atoms with Crippen LogP contribution < -0.4 is 20.3 Å². The summed E-state index contributed by atoms with van der Waals surface area (Å²) < 4.78 is 12.0. The van der Waals surface area contributed by atoms with E-state index in [0.717, 1.165) is 78.1 Å². The van der Waals surface area contributed by atoms with E-state index in [2.05, 4.69) is 37.9 Å². The van der Waals surface area contributed by atoms with Gasteiger partial charge in [-0.05, 0) is 49.7 Å². The molecule has 32 heavy (non-hydrogen) atoms. The van der Waals surface area contributed by atoms with E-state index in [-0.39, 0.29) is 0 Å². The van der Waals surface area contributed by atoms with Crippen LogP contribution in [-0.2, 0) is 0 Å². The first-order valence-electron chi connectivity index (χ1n) is 10.9. The molecule has 7 nitrogen and oxygen atoms in total. The summed E-state index contributed by atoms with van der Waals surface area (Å²) in [5.41, 5.74) is 8.30. The number of amides is 2. The van der Waals surface area contributed by atoms with Gasteiger partial charge in [0.05, 0.1) is 18.5 Å². The van der Waals surface area contributed by atoms with Gasteiger partial charge in [-0.1, -0.05) is 28.1 Å². The summed E-state index contributed by atoms with van der Waals surface area (Å²) >= 11 is 3.48. The van der Waals surface area contributed by atoms with Crippen molar-refractivity contribution in [3.63, 3.8) is 0 Å². The maximum absolute atomic E-state index is 12.1. The van der Waals surface area contributed by atoms with E-state index in [4.69, 9.17) is 14.9 Å². The molecular weight excluding hydrogens is 472 g/mol. The van der Waals surface area contributed by atoms with Gasteiger partial charge in [0.1, 0.15) is 17.6 Å². The first-order chi connectivity index (χ1) is 15.6. The summed E-state index contributed by atoms with van der Waals surface area (Å²) in [5.74, 6) is 0.922. The highest BCUT2D eigenvalue weighted by Crippen LogP contribution is 2.32. The second-order valence-corrected chi connectivity index (χ2v) is 8.87. The lowest BCUT2D eigenvalue weighted by molar-refractivity contribution is 0.248. The molecule has 1 fully saturated rings. The van der Waals surface area contributed by atoms with Gasteiger partial charge in [-0.25, -0.2) is 4.79 Å². The van der Waals surface area contributed by atoms with E-state index in [0.29, 0.717) is 6.54 Å². The highest BCUT2D eigenvalue weighted by atomic mass is 79.9. The number of piperazine rings is 1. The van der Waals surface area contributed by atoms with Crippen LogP contribution >= 0.6 is 15.9 Å². The molecule has 3 aromatic rings. The smallest absolute Gasteiger partial charge is 0.319 e. The summed E-state index contributed by atoms with van der Waals surface area (Å²) in [6, 6.07) is 13.5. The lowest BCUT2D eigenvalue weighted by Gasteiger charge is -2.36. The average molecular weight is 501 g/mol. The fraction of sp³-hybridized carbons (Fsp3) is 0.375. The van der Waals surface area contributed by atoms with Crippen LogP contribution in [0.3, 0.4) is 0 Å². The predicted molar refractivity (Wildman–Crippen MR) is 132 cm³/mol. The van der Waals surface area contributed by atoms with Crippen LogP contribution in [0.2, 0.25) is 0 Å². The van der Waals surface area contributed by atoms with Crippen molar-refractivity contribution in [1.29, 1.82) is 0 Å². The molecule has 1 aliphatic rings. The number of halogens is 1. The molecule has 0 spiro atoms. The van der Waals surface area contributed by atoms with Gasteiger partial charge in [-0.2, -0.15) is 0 Å². The van der Waals surface area contributed by atoms with Gasteiger partial charge in [0.2, 0.25) is 0 Å². The summed E-state index contributed by atoms with van der Waals surface area (Å²) in [6.07, 6.45) is 3.48. The van der Waals surface area contributed by atoms with Crippen LogP contribution in [0.1, 0.15) is 12.8 Å². The molecule has 0 saturated carbocycles. The number of hydrogen-bond donors (Lipinski definition) is 1. The van der Waals surface area contributed by atoms with Crippen LogP contribution in [0.25, 0.3) is 11.0 Å². The number of hydrogen-bond acceptors (Lipinski definition) is 5. The molecule has 0 bridgehead atoms. The molecule has 8 heteroatoms. The van der Waals surface area contributed by atoms with Crippen LogP contribution in [0.15, 0.2) is 57.6 Å². The molecule has 1 aliphatic heterocycles. The van der Waals surface area contributed by atoms with Crippen molar-refractivity contribution in [2.45, 2.75) is 12.8 Å². The van der Waals surface area contributed by atoms with E-state index in [1.165, 1.54) is 0 Å². The van der Waals surface area contributed by atoms with Crippen LogP contribution in [-0.4, -0.2) is 57.3 Å². The zero-order valence-electron chi connectivity index (χ0n) is 18.3. The minimum atomic E-state index is -0.460. The van der Waals surface area contributed by atoms with Gasteiger partial charge < -0.3 is 19.8 Å². The molecule has 0 radical (unpaired) electrons. The molecular formula is C24H29BrN4O3. The number of anilines is 2. The molecule has 2 aromatic carbocycles. The number of furan rings is 1. The topological polar surface area (TPSA) is 75.2 Å². The third kappa shape index (κ3) is 5.02. The maximum Gasteiger partial charge on any atom is 0.319 e.